The first-order chi connectivity index (χ1) is 15.1. The standard InChI is InChI=1S/C24H22BrClN4O/c25-18-10-17-4-3-16-11-19(26)5-6-20(16)23(22(17)28-14-18)30-9-7-21(30)24(31)29-13-15-2-1-8-27-12-15/h1-2,5-6,8,10-12,14,21,23H,3-4,7,9,13H2,(H,29,31). The van der Waals surface area contributed by atoms with Gasteiger partial charge >= 0.3 is 0 Å². The first kappa shape index (κ1) is 20.6. The Balaban J connectivity index is 1.45. The zero-order valence-corrected chi connectivity index (χ0v) is 19.2. The molecule has 3 heterocycles. The predicted octanol–water partition coefficient (Wildman–Crippen LogP) is 4.47. The van der Waals surface area contributed by atoms with Crippen molar-refractivity contribution in [1.82, 2.24) is 20.2 Å². The lowest BCUT2D eigenvalue weighted by molar-refractivity contribution is -0.132. The van der Waals surface area contributed by atoms with Crippen LogP contribution in [0.3, 0.4) is 0 Å². The molecule has 2 atom stereocenters. The number of aryl methyl sites for hydroxylation is 2. The van der Waals surface area contributed by atoms with Crippen LogP contribution in [0.4, 0.5) is 0 Å². The van der Waals surface area contributed by atoms with Gasteiger partial charge in [-0.2, -0.15) is 0 Å². The second-order valence-corrected chi connectivity index (χ2v) is 9.42. The van der Waals surface area contributed by atoms with Gasteiger partial charge in [0.15, 0.2) is 0 Å². The van der Waals surface area contributed by atoms with Gasteiger partial charge in [0.1, 0.15) is 0 Å². The van der Waals surface area contributed by atoms with E-state index in [1.165, 1.54) is 16.7 Å². The first-order valence-electron chi connectivity index (χ1n) is 10.4. The zero-order valence-electron chi connectivity index (χ0n) is 16.9. The van der Waals surface area contributed by atoms with Crippen molar-refractivity contribution in [1.29, 1.82) is 0 Å². The average molecular weight is 498 g/mol. The number of hydrogen-bond acceptors (Lipinski definition) is 4. The number of carbonyl (C=O) groups is 1. The summed E-state index contributed by atoms with van der Waals surface area (Å²) >= 11 is 9.88. The molecule has 7 heteroatoms. The van der Waals surface area contributed by atoms with E-state index >= 15 is 0 Å². The molecule has 2 unspecified atom stereocenters. The molecule has 1 aliphatic carbocycles. The molecule has 5 nitrogen and oxygen atoms in total. The van der Waals surface area contributed by atoms with Crippen LogP contribution in [0.1, 0.15) is 40.4 Å². The number of hydrogen-bond donors (Lipinski definition) is 1. The number of halogens is 2. The average Bonchev–Trinajstić information content (AvgIpc) is 2.89. The van der Waals surface area contributed by atoms with E-state index in [0.29, 0.717) is 6.54 Å². The van der Waals surface area contributed by atoms with E-state index in [-0.39, 0.29) is 18.0 Å². The maximum Gasteiger partial charge on any atom is 0.237 e. The number of nitrogens with zero attached hydrogens (tertiary/aromatic N) is 3. The summed E-state index contributed by atoms with van der Waals surface area (Å²) in [5.74, 6) is 0.0496. The van der Waals surface area contributed by atoms with Gasteiger partial charge in [0.05, 0.1) is 17.8 Å². The Bertz CT molecular complexity index is 1070. The van der Waals surface area contributed by atoms with Gasteiger partial charge in [-0.25, -0.2) is 0 Å². The van der Waals surface area contributed by atoms with Crippen molar-refractivity contribution in [2.24, 2.45) is 0 Å². The summed E-state index contributed by atoms with van der Waals surface area (Å²) in [5.41, 5.74) is 5.67. The molecule has 1 aliphatic heterocycles. The summed E-state index contributed by atoms with van der Waals surface area (Å²) in [6, 6.07) is 11.9. The monoisotopic (exact) mass is 496 g/mol. The number of carbonyl (C=O) groups excluding carboxylic acids is 1. The number of nitrogens with one attached hydrogen (secondary N) is 1. The van der Waals surface area contributed by atoms with Crippen LogP contribution in [0.15, 0.2) is 59.5 Å². The van der Waals surface area contributed by atoms with E-state index in [9.17, 15) is 4.79 Å². The summed E-state index contributed by atoms with van der Waals surface area (Å²) in [5, 5.41) is 3.82. The number of amides is 1. The Kier molecular flexibility index (Phi) is 5.78. The Hall–Kier alpha value is -2.28. The van der Waals surface area contributed by atoms with Gasteiger partial charge in [-0.1, -0.05) is 23.7 Å². The topological polar surface area (TPSA) is 58.1 Å². The minimum atomic E-state index is -0.179. The molecule has 0 bridgehead atoms. The lowest BCUT2D eigenvalue weighted by atomic mass is 9.90. The lowest BCUT2D eigenvalue weighted by Crippen LogP contribution is -2.57. The fourth-order valence-electron chi connectivity index (χ4n) is 4.56. The number of aromatic nitrogens is 2. The summed E-state index contributed by atoms with van der Waals surface area (Å²) < 4.78 is 0.975. The Morgan fingerprint density at radius 3 is 2.84 bits per heavy atom. The van der Waals surface area contributed by atoms with Crippen molar-refractivity contribution in [3.8, 4) is 0 Å². The largest absolute Gasteiger partial charge is 0.351 e. The number of likely N-dealkylation sites (tertiary alicyclic amines) is 1. The zero-order chi connectivity index (χ0) is 21.4. The van der Waals surface area contributed by atoms with Crippen molar-refractivity contribution < 1.29 is 4.79 Å². The van der Waals surface area contributed by atoms with Crippen LogP contribution < -0.4 is 5.32 Å². The molecule has 1 N–H and O–H groups in total. The van der Waals surface area contributed by atoms with Crippen LogP contribution in [-0.2, 0) is 24.2 Å². The number of rotatable bonds is 4. The maximum atomic E-state index is 13.0. The molecule has 3 aromatic rings. The predicted molar refractivity (Wildman–Crippen MR) is 124 cm³/mol. The molecule has 2 aliphatic rings. The van der Waals surface area contributed by atoms with Crippen LogP contribution in [0.25, 0.3) is 0 Å². The fraction of sp³-hybridized carbons (Fsp3) is 0.292. The minimum absolute atomic E-state index is 0.0496. The van der Waals surface area contributed by atoms with E-state index < -0.39 is 0 Å². The van der Waals surface area contributed by atoms with E-state index in [1.807, 2.05) is 24.4 Å². The van der Waals surface area contributed by atoms with Crippen molar-refractivity contribution in [2.45, 2.75) is 37.9 Å². The Labute approximate surface area is 195 Å². The van der Waals surface area contributed by atoms with Crippen LogP contribution in [0.5, 0.6) is 0 Å². The fourth-order valence-corrected chi connectivity index (χ4v) is 5.13. The molecule has 5 rings (SSSR count). The molecule has 1 fully saturated rings. The first-order valence-corrected chi connectivity index (χ1v) is 11.6. The third-order valence-electron chi connectivity index (χ3n) is 6.18. The van der Waals surface area contributed by atoms with E-state index in [1.54, 1.807) is 12.4 Å². The maximum absolute atomic E-state index is 13.0. The highest BCUT2D eigenvalue weighted by molar-refractivity contribution is 9.10. The van der Waals surface area contributed by atoms with Gasteiger partial charge in [0.25, 0.3) is 0 Å². The van der Waals surface area contributed by atoms with Gasteiger partial charge < -0.3 is 5.32 Å². The summed E-state index contributed by atoms with van der Waals surface area (Å²) in [7, 11) is 0. The highest BCUT2D eigenvalue weighted by atomic mass is 79.9. The van der Waals surface area contributed by atoms with Gasteiger partial charge in [0, 0.05) is 41.2 Å². The number of fused-ring (bicyclic) bond motifs is 2. The van der Waals surface area contributed by atoms with Crippen molar-refractivity contribution >= 4 is 33.4 Å². The van der Waals surface area contributed by atoms with Gasteiger partial charge in [-0.05, 0) is 81.7 Å². The van der Waals surface area contributed by atoms with Crippen LogP contribution in [-0.4, -0.2) is 33.4 Å². The number of pyridine rings is 2. The van der Waals surface area contributed by atoms with Crippen LogP contribution in [0, 0.1) is 0 Å². The summed E-state index contributed by atoms with van der Waals surface area (Å²) in [4.78, 5) is 24.3. The molecular weight excluding hydrogens is 476 g/mol. The molecule has 158 valence electrons. The van der Waals surface area contributed by atoms with Crippen LogP contribution in [0.2, 0.25) is 5.02 Å². The highest BCUT2D eigenvalue weighted by Gasteiger charge is 2.42. The van der Waals surface area contributed by atoms with Crippen molar-refractivity contribution in [3.05, 3.63) is 92.4 Å². The SMILES string of the molecule is O=C(NCc1cccnc1)C1CCN1C1c2ccc(Cl)cc2CCc2cc(Br)cnc21. The third-order valence-corrected chi connectivity index (χ3v) is 6.84. The van der Waals surface area contributed by atoms with Gasteiger partial charge in [0.2, 0.25) is 5.91 Å². The molecule has 1 saturated heterocycles. The second-order valence-electron chi connectivity index (χ2n) is 8.06. The van der Waals surface area contributed by atoms with Crippen LogP contribution >= 0.6 is 27.5 Å². The lowest BCUT2D eigenvalue weighted by Gasteiger charge is -2.45. The smallest absolute Gasteiger partial charge is 0.237 e. The molecule has 0 spiro atoms. The number of benzene rings is 1. The normalized spacial score (nSPS) is 20.2. The van der Waals surface area contributed by atoms with E-state index in [0.717, 1.165) is 46.6 Å². The quantitative estimate of drug-likeness (QED) is 0.578. The van der Waals surface area contributed by atoms with Gasteiger partial charge in [-0.3, -0.25) is 19.7 Å². The molecule has 31 heavy (non-hydrogen) atoms. The van der Waals surface area contributed by atoms with Gasteiger partial charge in [-0.15, -0.1) is 0 Å². The Morgan fingerprint density at radius 1 is 1.19 bits per heavy atom. The molecule has 1 aromatic carbocycles. The van der Waals surface area contributed by atoms with E-state index in [2.05, 4.69) is 49.3 Å². The molecule has 0 radical (unpaired) electrons. The highest BCUT2D eigenvalue weighted by Crippen LogP contribution is 2.41. The summed E-state index contributed by atoms with van der Waals surface area (Å²) in [6.07, 6.45) is 8.01. The third kappa shape index (κ3) is 4.12. The van der Waals surface area contributed by atoms with E-state index in [4.69, 9.17) is 16.6 Å². The molecular formula is C24H22BrClN4O. The van der Waals surface area contributed by atoms with Crippen molar-refractivity contribution in [2.75, 3.05) is 6.54 Å². The molecule has 2 aromatic heterocycles. The summed E-state index contributed by atoms with van der Waals surface area (Å²) in [6.45, 7) is 1.34. The minimum Gasteiger partial charge on any atom is -0.351 e. The Morgan fingerprint density at radius 2 is 2.06 bits per heavy atom. The molecule has 0 saturated carbocycles. The second kappa shape index (κ2) is 8.69. The van der Waals surface area contributed by atoms with Crippen molar-refractivity contribution in [3.63, 3.8) is 0 Å². The molecule has 1 amide bonds.